The molecule has 0 aliphatic rings. The van der Waals surface area contributed by atoms with Crippen LogP contribution in [0.15, 0.2) is 83.7 Å². The van der Waals surface area contributed by atoms with Crippen molar-refractivity contribution in [1.82, 2.24) is 4.98 Å². The number of anilines is 1. The molecule has 3 aromatic carbocycles. The van der Waals surface area contributed by atoms with Crippen molar-refractivity contribution in [2.75, 3.05) is 5.32 Å². The number of benzene rings is 3. The van der Waals surface area contributed by atoms with E-state index < -0.39 is 0 Å². The largest absolute Gasteiger partial charge is 0.456 e. The molecular formula is C23H18N2O3. The molecule has 0 aliphatic carbocycles. The molecule has 5 heteroatoms. The maximum Gasteiger partial charge on any atom is 0.252 e. The normalized spacial score (nSPS) is 10.6. The van der Waals surface area contributed by atoms with E-state index in [1.165, 1.54) is 13.0 Å². The van der Waals surface area contributed by atoms with E-state index in [0.29, 0.717) is 11.5 Å². The topological polar surface area (TPSA) is 71.2 Å². The van der Waals surface area contributed by atoms with Crippen LogP contribution in [0.5, 0.6) is 11.5 Å². The van der Waals surface area contributed by atoms with Crippen molar-refractivity contribution >= 4 is 22.5 Å². The second-order valence-electron chi connectivity index (χ2n) is 6.43. The van der Waals surface area contributed by atoms with Gasteiger partial charge in [0.05, 0.1) is 5.52 Å². The van der Waals surface area contributed by atoms with Crippen LogP contribution in [0.1, 0.15) is 6.92 Å². The van der Waals surface area contributed by atoms with Gasteiger partial charge in [-0.25, -0.2) is 0 Å². The van der Waals surface area contributed by atoms with Gasteiger partial charge in [0.25, 0.3) is 5.56 Å². The molecule has 28 heavy (non-hydrogen) atoms. The Morgan fingerprint density at radius 1 is 0.893 bits per heavy atom. The van der Waals surface area contributed by atoms with Crippen LogP contribution < -0.4 is 15.6 Å². The SMILES string of the molecule is CC(=O)Nc1ccc(-c2cccc(Oc3cc(=O)[nH]c4ccccc34)c2)cc1. The van der Waals surface area contributed by atoms with E-state index in [2.05, 4.69) is 10.3 Å². The van der Waals surface area contributed by atoms with Gasteiger partial charge in [-0.1, -0.05) is 36.4 Å². The fraction of sp³-hybridized carbons (Fsp3) is 0.0435. The van der Waals surface area contributed by atoms with Gasteiger partial charge < -0.3 is 15.0 Å². The molecule has 5 nitrogen and oxygen atoms in total. The van der Waals surface area contributed by atoms with E-state index in [1.807, 2.05) is 72.8 Å². The summed E-state index contributed by atoms with van der Waals surface area (Å²) in [6, 6.07) is 24.2. The van der Waals surface area contributed by atoms with Gasteiger partial charge in [-0.3, -0.25) is 9.59 Å². The number of fused-ring (bicyclic) bond motifs is 1. The Labute approximate surface area is 161 Å². The van der Waals surface area contributed by atoms with E-state index in [4.69, 9.17) is 4.74 Å². The van der Waals surface area contributed by atoms with Crippen molar-refractivity contribution < 1.29 is 9.53 Å². The monoisotopic (exact) mass is 370 g/mol. The number of carbonyl (C=O) groups is 1. The first kappa shape index (κ1) is 17.5. The number of carbonyl (C=O) groups excluding carboxylic acids is 1. The van der Waals surface area contributed by atoms with Gasteiger partial charge in [-0.15, -0.1) is 0 Å². The van der Waals surface area contributed by atoms with E-state index >= 15 is 0 Å². The molecule has 1 aromatic heterocycles. The number of amides is 1. The summed E-state index contributed by atoms with van der Waals surface area (Å²) < 4.78 is 6.03. The number of rotatable bonds is 4. The van der Waals surface area contributed by atoms with Crippen molar-refractivity contribution in [3.63, 3.8) is 0 Å². The van der Waals surface area contributed by atoms with Crippen LogP contribution in [0, 0.1) is 0 Å². The molecule has 0 unspecified atom stereocenters. The number of hydrogen-bond donors (Lipinski definition) is 2. The summed E-state index contributed by atoms with van der Waals surface area (Å²) in [5, 5.41) is 3.59. The fourth-order valence-corrected chi connectivity index (χ4v) is 3.07. The lowest BCUT2D eigenvalue weighted by atomic mass is 10.1. The zero-order valence-corrected chi connectivity index (χ0v) is 15.2. The van der Waals surface area contributed by atoms with Crippen molar-refractivity contribution in [3.8, 4) is 22.6 Å². The lowest BCUT2D eigenvalue weighted by Crippen LogP contribution is -2.05. The third kappa shape index (κ3) is 3.78. The standard InChI is InChI=1S/C23H18N2O3/c1-15(26)24-18-11-9-16(10-12-18)17-5-4-6-19(13-17)28-22-14-23(27)25-21-8-3-2-7-20(21)22/h2-14H,1H3,(H,24,26)(H,25,27). The molecule has 0 spiro atoms. The summed E-state index contributed by atoms with van der Waals surface area (Å²) in [4.78, 5) is 25.9. The minimum absolute atomic E-state index is 0.103. The number of ether oxygens (including phenoxy) is 1. The number of H-pyrrole nitrogens is 1. The Bertz CT molecular complexity index is 1210. The second kappa shape index (κ2) is 7.40. The summed E-state index contributed by atoms with van der Waals surface area (Å²) in [6.45, 7) is 1.48. The Morgan fingerprint density at radius 2 is 1.68 bits per heavy atom. The highest BCUT2D eigenvalue weighted by molar-refractivity contribution is 5.89. The predicted octanol–water partition coefficient (Wildman–Crippen LogP) is 4.95. The molecule has 4 rings (SSSR count). The Morgan fingerprint density at radius 3 is 2.46 bits per heavy atom. The quantitative estimate of drug-likeness (QED) is 0.534. The minimum Gasteiger partial charge on any atom is -0.456 e. The van der Waals surface area contributed by atoms with Gasteiger partial charge in [0.15, 0.2) is 0 Å². The van der Waals surface area contributed by atoms with E-state index in [-0.39, 0.29) is 11.5 Å². The van der Waals surface area contributed by atoms with Crippen molar-refractivity contribution in [2.45, 2.75) is 6.92 Å². The van der Waals surface area contributed by atoms with Crippen LogP contribution in [0.2, 0.25) is 0 Å². The zero-order chi connectivity index (χ0) is 19.5. The number of hydrogen-bond acceptors (Lipinski definition) is 3. The van der Waals surface area contributed by atoms with Crippen LogP contribution in [0.25, 0.3) is 22.0 Å². The van der Waals surface area contributed by atoms with E-state index in [0.717, 1.165) is 27.7 Å². The van der Waals surface area contributed by atoms with Gasteiger partial charge in [0, 0.05) is 24.1 Å². The molecular weight excluding hydrogens is 352 g/mol. The summed E-state index contributed by atoms with van der Waals surface area (Å²) in [6.07, 6.45) is 0. The van der Waals surface area contributed by atoms with E-state index in [1.54, 1.807) is 0 Å². The van der Waals surface area contributed by atoms with Gasteiger partial charge in [-0.2, -0.15) is 0 Å². The summed E-state index contributed by atoms with van der Waals surface area (Å²) >= 11 is 0. The van der Waals surface area contributed by atoms with E-state index in [9.17, 15) is 9.59 Å². The van der Waals surface area contributed by atoms with Gasteiger partial charge in [0.1, 0.15) is 11.5 Å². The molecule has 1 amide bonds. The van der Waals surface area contributed by atoms with Gasteiger partial charge >= 0.3 is 0 Å². The second-order valence-corrected chi connectivity index (χ2v) is 6.43. The highest BCUT2D eigenvalue weighted by atomic mass is 16.5. The first-order valence-electron chi connectivity index (χ1n) is 8.86. The predicted molar refractivity (Wildman–Crippen MR) is 111 cm³/mol. The molecule has 0 bridgehead atoms. The molecule has 0 saturated heterocycles. The summed E-state index contributed by atoms with van der Waals surface area (Å²) in [5.41, 5.74) is 3.24. The molecule has 1 heterocycles. The van der Waals surface area contributed by atoms with Crippen LogP contribution in [-0.4, -0.2) is 10.9 Å². The molecule has 0 aliphatic heterocycles. The van der Waals surface area contributed by atoms with Gasteiger partial charge in [-0.05, 0) is 47.5 Å². The lowest BCUT2D eigenvalue weighted by molar-refractivity contribution is -0.114. The smallest absolute Gasteiger partial charge is 0.252 e. The molecule has 4 aromatic rings. The summed E-state index contributed by atoms with van der Waals surface area (Å²) in [5.74, 6) is 1.05. The van der Waals surface area contributed by atoms with Crippen molar-refractivity contribution in [2.24, 2.45) is 0 Å². The molecule has 0 atom stereocenters. The van der Waals surface area contributed by atoms with Gasteiger partial charge in [0.2, 0.25) is 5.91 Å². The number of pyridine rings is 1. The first-order valence-corrected chi connectivity index (χ1v) is 8.86. The maximum atomic E-state index is 11.9. The first-order chi connectivity index (χ1) is 13.6. The third-order valence-corrected chi connectivity index (χ3v) is 4.31. The number of aromatic amines is 1. The molecule has 0 fully saturated rings. The van der Waals surface area contributed by atoms with Crippen LogP contribution in [-0.2, 0) is 4.79 Å². The maximum absolute atomic E-state index is 11.9. The number of nitrogens with one attached hydrogen (secondary N) is 2. The average Bonchev–Trinajstić information content (AvgIpc) is 2.68. The van der Waals surface area contributed by atoms with Crippen molar-refractivity contribution in [1.29, 1.82) is 0 Å². The van der Waals surface area contributed by atoms with Crippen LogP contribution in [0.4, 0.5) is 5.69 Å². The van der Waals surface area contributed by atoms with Crippen molar-refractivity contribution in [3.05, 3.63) is 89.2 Å². The third-order valence-electron chi connectivity index (χ3n) is 4.31. The fourth-order valence-electron chi connectivity index (χ4n) is 3.07. The molecule has 138 valence electrons. The Balaban J connectivity index is 1.65. The average molecular weight is 370 g/mol. The molecule has 2 N–H and O–H groups in total. The number of aromatic nitrogens is 1. The Kier molecular flexibility index (Phi) is 4.64. The molecule has 0 saturated carbocycles. The van der Waals surface area contributed by atoms with Crippen LogP contribution >= 0.6 is 0 Å². The minimum atomic E-state index is -0.210. The Hall–Kier alpha value is -3.86. The number of para-hydroxylation sites is 1. The zero-order valence-electron chi connectivity index (χ0n) is 15.2. The summed E-state index contributed by atoms with van der Waals surface area (Å²) in [7, 11) is 0. The molecule has 0 radical (unpaired) electrons. The highest BCUT2D eigenvalue weighted by Gasteiger charge is 2.07. The highest BCUT2D eigenvalue weighted by Crippen LogP contribution is 2.30. The van der Waals surface area contributed by atoms with Crippen LogP contribution in [0.3, 0.4) is 0 Å². The lowest BCUT2D eigenvalue weighted by Gasteiger charge is -2.10.